The molecule has 1 N–H and O–H groups in total. The lowest BCUT2D eigenvalue weighted by Crippen LogP contribution is -2.55. The molecule has 0 unspecified atom stereocenters. The number of nitrogens with zero attached hydrogens (tertiary/aromatic N) is 2. The second-order valence-corrected chi connectivity index (χ2v) is 10.4. The van der Waals surface area contributed by atoms with Crippen molar-refractivity contribution in [1.82, 2.24) is 4.90 Å². The van der Waals surface area contributed by atoms with E-state index >= 15 is 0 Å². The Morgan fingerprint density at radius 1 is 1.17 bits per heavy atom. The highest BCUT2D eigenvalue weighted by atomic mass is 79.9. The van der Waals surface area contributed by atoms with Gasteiger partial charge in [-0.25, -0.2) is 4.39 Å². The summed E-state index contributed by atoms with van der Waals surface area (Å²) < 4.78 is 20.3. The third-order valence-corrected chi connectivity index (χ3v) is 8.23. The third-order valence-electron chi connectivity index (χ3n) is 7.73. The summed E-state index contributed by atoms with van der Waals surface area (Å²) in [6.07, 6.45) is 1.60. The number of hydrogen-bond donors (Lipinski definition) is 1. The minimum atomic E-state index is -1.39. The van der Waals surface area contributed by atoms with Gasteiger partial charge in [0.2, 0.25) is 0 Å². The van der Waals surface area contributed by atoms with Crippen LogP contribution in [0.25, 0.3) is 0 Å². The van der Waals surface area contributed by atoms with Gasteiger partial charge in [-0.3, -0.25) is 19.8 Å². The van der Waals surface area contributed by atoms with Crippen LogP contribution in [-0.2, 0) is 16.9 Å². The van der Waals surface area contributed by atoms with Crippen LogP contribution >= 0.6 is 15.9 Å². The van der Waals surface area contributed by atoms with Gasteiger partial charge in [0, 0.05) is 38.8 Å². The third kappa shape index (κ3) is 3.37. The van der Waals surface area contributed by atoms with Gasteiger partial charge in [-0.05, 0) is 54.8 Å². The summed E-state index contributed by atoms with van der Waals surface area (Å²) >= 11 is 3.53. The summed E-state index contributed by atoms with van der Waals surface area (Å²) in [7, 11) is 0. The lowest BCUT2D eigenvalue weighted by atomic mass is 9.77. The van der Waals surface area contributed by atoms with Crippen molar-refractivity contribution in [3.8, 4) is 5.75 Å². The van der Waals surface area contributed by atoms with Crippen LogP contribution in [0.2, 0.25) is 0 Å². The maximum atomic E-state index is 13.7. The van der Waals surface area contributed by atoms with Crippen molar-refractivity contribution < 1.29 is 18.8 Å². The van der Waals surface area contributed by atoms with E-state index in [1.165, 1.54) is 12.1 Å². The van der Waals surface area contributed by atoms with Gasteiger partial charge in [0.1, 0.15) is 18.2 Å². The van der Waals surface area contributed by atoms with Gasteiger partial charge < -0.3 is 10.1 Å². The van der Waals surface area contributed by atoms with Gasteiger partial charge in [-0.1, -0.05) is 46.3 Å². The molecule has 1 amide bonds. The fourth-order valence-corrected chi connectivity index (χ4v) is 6.78. The smallest absolute Gasteiger partial charge is 0.256 e. The highest BCUT2D eigenvalue weighted by Crippen LogP contribution is 2.59. The number of hydrogen-bond acceptors (Lipinski definition) is 5. The predicted molar refractivity (Wildman–Crippen MR) is 135 cm³/mol. The van der Waals surface area contributed by atoms with E-state index < -0.39 is 17.5 Å². The number of anilines is 1. The van der Waals surface area contributed by atoms with E-state index in [1.807, 2.05) is 30.3 Å². The molecule has 0 bridgehead atoms. The van der Waals surface area contributed by atoms with Crippen LogP contribution < -0.4 is 10.1 Å². The van der Waals surface area contributed by atoms with E-state index in [0.717, 1.165) is 22.9 Å². The number of fused-ring (bicyclic) bond motifs is 4. The quantitative estimate of drug-likeness (QED) is 0.347. The summed E-state index contributed by atoms with van der Waals surface area (Å²) in [5.41, 5.74) is 1.38. The van der Waals surface area contributed by atoms with Crippen LogP contribution in [0.4, 0.5) is 10.1 Å². The molecule has 0 aromatic heterocycles. The lowest BCUT2D eigenvalue weighted by molar-refractivity contribution is -0.534. The predicted octanol–water partition coefficient (Wildman–Crippen LogP) is 5.22. The molecule has 3 aliphatic rings. The van der Waals surface area contributed by atoms with Crippen molar-refractivity contribution >= 4 is 27.5 Å². The Bertz CT molecular complexity index is 1370. The summed E-state index contributed by atoms with van der Waals surface area (Å²) in [5, 5.41) is 15.8. The van der Waals surface area contributed by atoms with Crippen LogP contribution in [0.15, 0.2) is 71.2 Å². The minimum Gasteiger partial charge on any atom is -0.489 e. The molecule has 3 aromatic carbocycles. The average molecular weight is 552 g/mol. The van der Waals surface area contributed by atoms with Crippen LogP contribution in [0.5, 0.6) is 5.75 Å². The van der Waals surface area contributed by atoms with Crippen molar-refractivity contribution in [2.75, 3.05) is 11.9 Å². The van der Waals surface area contributed by atoms with Gasteiger partial charge in [-0.2, -0.15) is 0 Å². The number of para-hydroxylation sites is 1. The molecular formula is C27H23BrFN3O4. The van der Waals surface area contributed by atoms with Crippen molar-refractivity contribution in [2.45, 2.75) is 43.0 Å². The first-order valence-corrected chi connectivity index (χ1v) is 12.7. The molecule has 0 aliphatic carbocycles. The van der Waals surface area contributed by atoms with E-state index in [4.69, 9.17) is 4.74 Å². The van der Waals surface area contributed by atoms with Crippen molar-refractivity contribution in [1.29, 1.82) is 0 Å². The normalized spacial score (nSPS) is 26.6. The maximum absolute atomic E-state index is 13.7. The molecule has 1 spiro atoms. The first kappa shape index (κ1) is 23.1. The fourth-order valence-electron chi connectivity index (χ4n) is 6.40. The van der Waals surface area contributed by atoms with Crippen LogP contribution in [0.3, 0.4) is 0 Å². The summed E-state index contributed by atoms with van der Waals surface area (Å²) in [4.78, 5) is 28.3. The second-order valence-electron chi connectivity index (χ2n) is 9.52. The Kier molecular flexibility index (Phi) is 5.57. The molecule has 4 atom stereocenters. The first-order chi connectivity index (χ1) is 17.4. The number of benzene rings is 3. The monoisotopic (exact) mass is 551 g/mol. The van der Waals surface area contributed by atoms with E-state index in [1.54, 1.807) is 24.3 Å². The number of rotatable bonds is 5. The van der Waals surface area contributed by atoms with Crippen LogP contribution in [-0.4, -0.2) is 34.4 Å². The first-order valence-electron chi connectivity index (χ1n) is 11.9. The minimum absolute atomic E-state index is 0.188. The zero-order chi connectivity index (χ0) is 25.0. The van der Waals surface area contributed by atoms with Gasteiger partial charge in [-0.15, -0.1) is 0 Å². The number of carbonyl (C=O) groups is 1. The zero-order valence-electron chi connectivity index (χ0n) is 19.2. The Hall–Kier alpha value is -3.30. The molecule has 6 rings (SSSR count). The van der Waals surface area contributed by atoms with E-state index in [-0.39, 0.29) is 29.3 Å². The van der Waals surface area contributed by atoms with Gasteiger partial charge >= 0.3 is 0 Å². The Morgan fingerprint density at radius 2 is 1.94 bits per heavy atom. The molecular weight excluding hydrogens is 529 g/mol. The highest BCUT2D eigenvalue weighted by molar-refractivity contribution is 9.10. The molecule has 7 nitrogen and oxygen atoms in total. The van der Waals surface area contributed by atoms with E-state index in [2.05, 4.69) is 26.1 Å². The molecule has 3 aliphatic heterocycles. The SMILES string of the molecule is O=C1Nc2ccccc2[C@]12[C@H]([N+](=O)[O-])[C@@H](c1cc(Br)ccc1OCc1ccc(F)cc1)[C@@H]1CCCN12. The number of nitro groups is 1. The van der Waals surface area contributed by atoms with E-state index in [0.29, 0.717) is 29.1 Å². The number of carbonyl (C=O) groups excluding carboxylic acids is 1. The number of halogens is 2. The Morgan fingerprint density at radius 3 is 2.72 bits per heavy atom. The van der Waals surface area contributed by atoms with Crippen LogP contribution in [0.1, 0.15) is 35.4 Å². The maximum Gasteiger partial charge on any atom is 0.256 e. The van der Waals surface area contributed by atoms with Gasteiger partial charge in [0.05, 0.1) is 5.92 Å². The molecule has 0 saturated carbocycles. The molecule has 2 saturated heterocycles. The number of nitrogens with one attached hydrogen (secondary N) is 1. The summed E-state index contributed by atoms with van der Waals surface area (Å²) in [5.74, 6) is -0.719. The lowest BCUT2D eigenvalue weighted by Gasteiger charge is -2.32. The average Bonchev–Trinajstić information content (AvgIpc) is 3.52. The standard InChI is InChI=1S/C27H23BrFN3O4/c28-17-9-12-23(36-15-16-7-10-18(29)11-8-16)19(14-17)24-22-6-3-13-31(22)27(25(24)32(34)35)20-4-1-2-5-21(20)30-26(27)33/h1-2,4-5,7-12,14,22,24-25H,3,6,13,15H2,(H,30,33)/t22-,24-,25+,27-/m0/s1. The molecule has 3 aromatic rings. The molecule has 3 heterocycles. The summed E-state index contributed by atoms with van der Waals surface area (Å²) in [6.45, 7) is 0.792. The highest BCUT2D eigenvalue weighted by Gasteiger charge is 2.73. The molecule has 184 valence electrons. The Labute approximate surface area is 215 Å². The second kappa shape index (κ2) is 8.67. The van der Waals surface area contributed by atoms with Gasteiger partial charge in [0.15, 0.2) is 5.54 Å². The van der Waals surface area contributed by atoms with Crippen molar-refractivity contribution in [3.05, 3.63) is 104 Å². The zero-order valence-corrected chi connectivity index (χ0v) is 20.8. The van der Waals surface area contributed by atoms with Crippen LogP contribution in [0, 0.1) is 15.9 Å². The van der Waals surface area contributed by atoms with Gasteiger partial charge in [0.25, 0.3) is 11.9 Å². The molecule has 2 fully saturated rings. The van der Waals surface area contributed by atoms with Crippen molar-refractivity contribution in [3.63, 3.8) is 0 Å². The summed E-state index contributed by atoms with van der Waals surface area (Å²) in [6, 6.07) is 17.4. The molecule has 0 radical (unpaired) electrons. The fraction of sp³-hybridized carbons (Fsp3) is 0.296. The Balaban J connectivity index is 1.47. The van der Waals surface area contributed by atoms with Crippen molar-refractivity contribution in [2.24, 2.45) is 0 Å². The largest absolute Gasteiger partial charge is 0.489 e. The molecule has 36 heavy (non-hydrogen) atoms. The number of amides is 1. The topological polar surface area (TPSA) is 84.7 Å². The number of ether oxygens (including phenoxy) is 1. The van der Waals surface area contributed by atoms with E-state index in [9.17, 15) is 19.3 Å². The molecule has 9 heteroatoms.